The summed E-state index contributed by atoms with van der Waals surface area (Å²) in [4.78, 5) is 18.5. The van der Waals surface area contributed by atoms with Crippen molar-refractivity contribution in [1.29, 1.82) is 0 Å². The maximum absolute atomic E-state index is 12.6. The van der Waals surface area contributed by atoms with Gasteiger partial charge in [0.15, 0.2) is 0 Å². The van der Waals surface area contributed by atoms with Gasteiger partial charge in [-0.3, -0.25) is 4.90 Å². The quantitative estimate of drug-likeness (QED) is 0.893. The summed E-state index contributed by atoms with van der Waals surface area (Å²) in [5, 5.41) is 5.41. The van der Waals surface area contributed by atoms with E-state index in [4.69, 9.17) is 0 Å². The number of rotatable bonds is 3. The first-order valence-corrected chi connectivity index (χ1v) is 10.4. The van der Waals surface area contributed by atoms with Crippen molar-refractivity contribution in [2.24, 2.45) is 0 Å². The number of fused-ring (bicyclic) bond motifs is 1. The average molecular weight is 370 g/mol. The van der Waals surface area contributed by atoms with Crippen LogP contribution in [0.5, 0.6) is 0 Å². The van der Waals surface area contributed by atoms with Crippen LogP contribution in [-0.4, -0.2) is 41.5 Å². The molecule has 2 amide bonds. The predicted octanol–water partition coefficient (Wildman–Crippen LogP) is 3.79. The minimum absolute atomic E-state index is 0.110. The normalized spacial score (nSPS) is 18.6. The molecule has 1 aromatic carbocycles. The Kier molecular flexibility index (Phi) is 5.27. The van der Waals surface area contributed by atoms with E-state index in [1.807, 2.05) is 16.2 Å². The van der Waals surface area contributed by atoms with Gasteiger partial charge in [-0.1, -0.05) is 24.3 Å². The fraction of sp³-hybridized carbons (Fsp3) is 0.476. The number of amides is 2. The van der Waals surface area contributed by atoms with Crippen LogP contribution < -0.4 is 5.32 Å². The van der Waals surface area contributed by atoms with Gasteiger partial charge < -0.3 is 10.2 Å². The van der Waals surface area contributed by atoms with Crippen LogP contribution >= 0.6 is 11.3 Å². The molecular formula is C21H27N3OS. The standard InChI is InChI=1S/C21H27N3OS/c1-16-4-2-3-5-17(16)14-23-10-6-19(7-11-23)22-21(25)24-12-8-20-18(15-24)9-13-26-20/h2-5,9,13,19H,6-8,10-12,14-15H2,1H3,(H,22,25). The lowest BCUT2D eigenvalue weighted by molar-refractivity contribution is 0.166. The van der Waals surface area contributed by atoms with Crippen molar-refractivity contribution < 1.29 is 4.79 Å². The zero-order valence-electron chi connectivity index (χ0n) is 15.4. The van der Waals surface area contributed by atoms with Gasteiger partial charge in [0.1, 0.15) is 0 Å². The molecule has 0 atom stereocenters. The monoisotopic (exact) mass is 369 g/mol. The molecule has 0 spiro atoms. The largest absolute Gasteiger partial charge is 0.335 e. The Labute approximate surface area is 159 Å². The Morgan fingerprint density at radius 1 is 1.19 bits per heavy atom. The van der Waals surface area contributed by atoms with Gasteiger partial charge in [0.05, 0.1) is 0 Å². The Morgan fingerprint density at radius 3 is 2.81 bits per heavy atom. The Morgan fingerprint density at radius 2 is 2.00 bits per heavy atom. The number of carbonyl (C=O) groups excluding carboxylic acids is 1. The molecular weight excluding hydrogens is 342 g/mol. The lowest BCUT2D eigenvalue weighted by Crippen LogP contribution is -2.50. The zero-order chi connectivity index (χ0) is 17.9. The molecule has 2 aliphatic rings. The van der Waals surface area contributed by atoms with E-state index in [9.17, 15) is 4.79 Å². The van der Waals surface area contributed by atoms with Crippen LogP contribution in [0, 0.1) is 6.92 Å². The molecule has 1 saturated heterocycles. The smallest absolute Gasteiger partial charge is 0.317 e. The van der Waals surface area contributed by atoms with Crippen LogP contribution in [0.2, 0.25) is 0 Å². The van der Waals surface area contributed by atoms with Crippen LogP contribution in [0.3, 0.4) is 0 Å². The molecule has 1 N–H and O–H groups in total. The molecule has 1 aromatic heterocycles. The number of hydrogen-bond acceptors (Lipinski definition) is 3. The molecule has 4 rings (SSSR count). The minimum atomic E-state index is 0.110. The molecule has 138 valence electrons. The third-order valence-electron chi connectivity index (χ3n) is 5.67. The molecule has 0 bridgehead atoms. The first-order valence-electron chi connectivity index (χ1n) is 9.56. The summed E-state index contributed by atoms with van der Waals surface area (Å²) in [7, 11) is 0. The minimum Gasteiger partial charge on any atom is -0.335 e. The third-order valence-corrected chi connectivity index (χ3v) is 6.69. The number of urea groups is 1. The van der Waals surface area contributed by atoms with Gasteiger partial charge >= 0.3 is 6.03 Å². The summed E-state index contributed by atoms with van der Waals surface area (Å²) in [5.41, 5.74) is 4.10. The predicted molar refractivity (Wildman–Crippen MR) is 106 cm³/mol. The van der Waals surface area contributed by atoms with E-state index >= 15 is 0 Å². The summed E-state index contributed by atoms with van der Waals surface area (Å²) in [6.07, 6.45) is 3.07. The molecule has 0 unspecified atom stereocenters. The van der Waals surface area contributed by atoms with Gasteiger partial charge in [0, 0.05) is 43.6 Å². The summed E-state index contributed by atoms with van der Waals surface area (Å²) < 4.78 is 0. The van der Waals surface area contributed by atoms with Crippen LogP contribution in [0.15, 0.2) is 35.7 Å². The SMILES string of the molecule is Cc1ccccc1CN1CCC(NC(=O)N2CCc3sccc3C2)CC1. The summed E-state index contributed by atoms with van der Waals surface area (Å²) >= 11 is 1.81. The van der Waals surface area contributed by atoms with E-state index < -0.39 is 0 Å². The summed E-state index contributed by atoms with van der Waals surface area (Å²) in [6.45, 7) is 6.89. The van der Waals surface area contributed by atoms with E-state index in [1.54, 1.807) is 0 Å². The summed E-state index contributed by atoms with van der Waals surface area (Å²) in [5.74, 6) is 0. The first-order chi connectivity index (χ1) is 12.7. The molecule has 5 heteroatoms. The van der Waals surface area contributed by atoms with Crippen molar-refractivity contribution >= 4 is 17.4 Å². The van der Waals surface area contributed by atoms with Gasteiger partial charge in [-0.25, -0.2) is 4.79 Å². The second kappa shape index (κ2) is 7.80. The van der Waals surface area contributed by atoms with Gasteiger partial charge in [0.25, 0.3) is 0 Å². The Hall–Kier alpha value is -1.85. The number of likely N-dealkylation sites (tertiary alicyclic amines) is 1. The number of thiophene rings is 1. The van der Waals surface area contributed by atoms with E-state index in [2.05, 4.69) is 52.9 Å². The van der Waals surface area contributed by atoms with Crippen LogP contribution in [0.25, 0.3) is 0 Å². The highest BCUT2D eigenvalue weighted by molar-refractivity contribution is 7.10. The van der Waals surface area contributed by atoms with Gasteiger partial charge in [-0.2, -0.15) is 0 Å². The van der Waals surface area contributed by atoms with Crippen molar-refractivity contribution in [3.63, 3.8) is 0 Å². The lowest BCUT2D eigenvalue weighted by Gasteiger charge is -2.34. The number of carbonyl (C=O) groups is 1. The number of piperidine rings is 1. The van der Waals surface area contributed by atoms with Gasteiger partial charge in [0.2, 0.25) is 0 Å². The summed E-state index contributed by atoms with van der Waals surface area (Å²) in [6, 6.07) is 11.2. The molecule has 0 radical (unpaired) electrons. The lowest BCUT2D eigenvalue weighted by atomic mass is 10.0. The highest BCUT2D eigenvalue weighted by Gasteiger charge is 2.25. The molecule has 4 nitrogen and oxygen atoms in total. The Bertz CT molecular complexity index is 764. The van der Waals surface area contributed by atoms with Crippen molar-refractivity contribution in [2.75, 3.05) is 19.6 Å². The van der Waals surface area contributed by atoms with Crippen molar-refractivity contribution in [2.45, 2.75) is 45.3 Å². The van der Waals surface area contributed by atoms with E-state index in [0.717, 1.165) is 52.0 Å². The van der Waals surface area contributed by atoms with Crippen molar-refractivity contribution in [3.05, 3.63) is 57.3 Å². The maximum atomic E-state index is 12.6. The maximum Gasteiger partial charge on any atom is 0.317 e. The fourth-order valence-electron chi connectivity index (χ4n) is 3.95. The first kappa shape index (κ1) is 17.6. The zero-order valence-corrected chi connectivity index (χ0v) is 16.2. The topological polar surface area (TPSA) is 35.6 Å². The second-order valence-corrected chi connectivity index (χ2v) is 8.47. The second-order valence-electron chi connectivity index (χ2n) is 7.47. The number of nitrogens with zero attached hydrogens (tertiary/aromatic N) is 2. The number of nitrogens with one attached hydrogen (secondary N) is 1. The van der Waals surface area contributed by atoms with Crippen molar-refractivity contribution in [3.8, 4) is 0 Å². The molecule has 1 fully saturated rings. The highest BCUT2D eigenvalue weighted by atomic mass is 32.1. The van der Waals surface area contributed by atoms with Crippen LogP contribution in [0.4, 0.5) is 4.79 Å². The highest BCUT2D eigenvalue weighted by Crippen LogP contribution is 2.24. The van der Waals surface area contributed by atoms with E-state index in [-0.39, 0.29) is 6.03 Å². The van der Waals surface area contributed by atoms with Crippen molar-refractivity contribution in [1.82, 2.24) is 15.1 Å². The molecule has 3 heterocycles. The number of hydrogen-bond donors (Lipinski definition) is 1. The van der Waals surface area contributed by atoms with Crippen LogP contribution in [0.1, 0.15) is 34.4 Å². The number of benzene rings is 1. The van der Waals surface area contributed by atoms with Gasteiger partial charge in [-0.05, 0) is 54.3 Å². The average Bonchev–Trinajstić information content (AvgIpc) is 3.13. The third kappa shape index (κ3) is 3.94. The van der Waals surface area contributed by atoms with E-state index in [0.29, 0.717) is 6.04 Å². The van der Waals surface area contributed by atoms with E-state index in [1.165, 1.54) is 21.6 Å². The molecule has 2 aromatic rings. The molecule has 2 aliphatic heterocycles. The van der Waals surface area contributed by atoms with Gasteiger partial charge in [-0.15, -0.1) is 11.3 Å². The Balaban J connectivity index is 1.25. The van der Waals surface area contributed by atoms with Crippen LogP contribution in [-0.2, 0) is 19.5 Å². The number of aryl methyl sites for hydroxylation is 1. The molecule has 0 saturated carbocycles. The fourth-order valence-corrected chi connectivity index (χ4v) is 4.84. The molecule has 26 heavy (non-hydrogen) atoms. The molecule has 0 aliphatic carbocycles.